The quantitative estimate of drug-likeness (QED) is 0.786. The lowest BCUT2D eigenvalue weighted by molar-refractivity contribution is -0.118. The van der Waals surface area contributed by atoms with Gasteiger partial charge in [0.1, 0.15) is 0 Å². The Kier molecular flexibility index (Phi) is 6.24. The van der Waals surface area contributed by atoms with Gasteiger partial charge in [-0.2, -0.15) is 0 Å². The summed E-state index contributed by atoms with van der Waals surface area (Å²) in [7, 11) is -3.57. The second kappa shape index (κ2) is 7.29. The van der Waals surface area contributed by atoms with Gasteiger partial charge in [0.15, 0.2) is 0 Å². The van der Waals surface area contributed by atoms with Crippen LogP contribution in [-0.2, 0) is 14.8 Å². The molecule has 1 aromatic rings. The monoisotopic (exact) mass is 330 g/mol. The van der Waals surface area contributed by atoms with Crippen molar-refractivity contribution in [2.45, 2.75) is 43.5 Å². The van der Waals surface area contributed by atoms with Gasteiger partial charge < -0.3 is 5.32 Å². The molecule has 7 heteroatoms. The van der Waals surface area contributed by atoms with E-state index in [0.29, 0.717) is 5.69 Å². The Bertz CT molecular complexity index is 611. The molecule has 0 atom stereocenters. The average Bonchev–Trinajstić information content (AvgIpc) is 2.36. The number of rotatable bonds is 6. The minimum atomic E-state index is -3.57. The van der Waals surface area contributed by atoms with Gasteiger partial charge in [-0.3, -0.25) is 4.79 Å². The Labute approximate surface area is 130 Å². The molecule has 0 saturated carbocycles. The Morgan fingerprint density at radius 1 is 1.19 bits per heavy atom. The van der Waals surface area contributed by atoms with Gasteiger partial charge in [-0.05, 0) is 38.3 Å². The number of carbonyl (C=O) groups is 1. The molecule has 0 bridgehead atoms. The van der Waals surface area contributed by atoms with Gasteiger partial charge in [0, 0.05) is 16.9 Å². The highest BCUT2D eigenvalue weighted by Gasteiger charge is 2.18. The van der Waals surface area contributed by atoms with Crippen molar-refractivity contribution in [3.05, 3.63) is 18.2 Å². The molecule has 2 N–H and O–H groups in total. The molecule has 0 radical (unpaired) electrons. The number of hydrogen-bond acceptors (Lipinski definition) is 4. The smallest absolute Gasteiger partial charge is 0.240 e. The van der Waals surface area contributed by atoms with Gasteiger partial charge >= 0.3 is 0 Å². The molecule has 0 aliphatic heterocycles. The van der Waals surface area contributed by atoms with Gasteiger partial charge in [0.25, 0.3) is 0 Å². The molecule has 0 unspecified atom stereocenters. The Hall–Kier alpha value is -1.05. The Morgan fingerprint density at radius 2 is 1.81 bits per heavy atom. The maximum Gasteiger partial charge on any atom is 0.240 e. The minimum Gasteiger partial charge on any atom is -0.325 e. The lowest BCUT2D eigenvalue weighted by Gasteiger charge is -2.14. The van der Waals surface area contributed by atoms with E-state index in [4.69, 9.17) is 0 Å². The van der Waals surface area contributed by atoms with E-state index in [2.05, 4.69) is 10.0 Å². The summed E-state index contributed by atoms with van der Waals surface area (Å²) in [6.45, 7) is 7.09. The molecule has 5 nitrogen and oxygen atoms in total. The SMILES string of the molecule is CSc1ccc(S(=O)(=O)NC(C)C)cc1NC(=O)C(C)C. The first-order valence-electron chi connectivity index (χ1n) is 6.68. The summed E-state index contributed by atoms with van der Waals surface area (Å²) in [6, 6.07) is 4.55. The van der Waals surface area contributed by atoms with E-state index in [1.165, 1.54) is 17.8 Å². The molecule has 118 valence electrons. The number of hydrogen-bond donors (Lipinski definition) is 2. The van der Waals surface area contributed by atoms with Gasteiger partial charge in [0.2, 0.25) is 15.9 Å². The largest absolute Gasteiger partial charge is 0.325 e. The van der Waals surface area contributed by atoms with E-state index >= 15 is 0 Å². The van der Waals surface area contributed by atoms with Gasteiger partial charge in [-0.1, -0.05) is 13.8 Å². The molecule has 0 heterocycles. The highest BCUT2D eigenvalue weighted by atomic mass is 32.2. The predicted molar refractivity (Wildman–Crippen MR) is 87.1 cm³/mol. The molecule has 21 heavy (non-hydrogen) atoms. The minimum absolute atomic E-state index is 0.142. The summed E-state index contributed by atoms with van der Waals surface area (Å²) in [4.78, 5) is 12.8. The topological polar surface area (TPSA) is 75.3 Å². The molecular weight excluding hydrogens is 308 g/mol. The van der Waals surface area contributed by atoms with Crippen LogP contribution in [0.3, 0.4) is 0 Å². The zero-order chi connectivity index (χ0) is 16.2. The van der Waals surface area contributed by atoms with Gasteiger partial charge in [0.05, 0.1) is 10.6 Å². The van der Waals surface area contributed by atoms with Crippen molar-refractivity contribution in [3.63, 3.8) is 0 Å². The molecule has 0 aliphatic carbocycles. The van der Waals surface area contributed by atoms with Crippen LogP contribution in [0.15, 0.2) is 28.0 Å². The number of anilines is 1. The molecule has 1 aromatic carbocycles. The van der Waals surface area contributed by atoms with Crippen LogP contribution in [0.5, 0.6) is 0 Å². The molecule has 0 spiro atoms. The summed E-state index contributed by atoms with van der Waals surface area (Å²) >= 11 is 1.45. The predicted octanol–water partition coefficient (Wildman–Crippen LogP) is 2.69. The van der Waals surface area contributed by atoms with E-state index in [1.54, 1.807) is 39.8 Å². The third kappa shape index (κ3) is 5.01. The van der Waals surface area contributed by atoms with Crippen molar-refractivity contribution in [1.29, 1.82) is 0 Å². The van der Waals surface area contributed by atoms with Crippen molar-refractivity contribution in [1.82, 2.24) is 4.72 Å². The molecular formula is C14H22N2O3S2. The van der Waals surface area contributed by atoms with Crippen molar-refractivity contribution in [2.24, 2.45) is 5.92 Å². The highest BCUT2D eigenvalue weighted by Crippen LogP contribution is 2.28. The number of sulfonamides is 1. The number of nitrogens with one attached hydrogen (secondary N) is 2. The summed E-state index contributed by atoms with van der Waals surface area (Å²) in [5.41, 5.74) is 0.521. The van der Waals surface area contributed by atoms with Crippen LogP contribution >= 0.6 is 11.8 Å². The van der Waals surface area contributed by atoms with Crippen molar-refractivity contribution in [2.75, 3.05) is 11.6 Å². The zero-order valence-corrected chi connectivity index (χ0v) is 14.6. The third-order valence-corrected chi connectivity index (χ3v) is 5.11. The lowest BCUT2D eigenvalue weighted by atomic mass is 10.2. The van der Waals surface area contributed by atoms with Crippen LogP contribution in [-0.4, -0.2) is 26.6 Å². The molecule has 1 amide bonds. The summed E-state index contributed by atoms with van der Waals surface area (Å²) in [6.07, 6.45) is 1.88. The van der Waals surface area contributed by atoms with Crippen molar-refractivity contribution >= 4 is 33.4 Å². The second-order valence-corrected chi connectivity index (χ2v) is 7.84. The van der Waals surface area contributed by atoms with E-state index in [0.717, 1.165) is 4.90 Å². The first kappa shape index (κ1) is 18.0. The van der Waals surface area contributed by atoms with E-state index in [1.807, 2.05) is 6.26 Å². The standard InChI is InChI=1S/C14H22N2O3S2/c1-9(2)14(17)15-12-8-11(6-7-13(12)20-5)21(18,19)16-10(3)4/h6-10,16H,1-5H3,(H,15,17). The van der Waals surface area contributed by atoms with Crippen LogP contribution in [0.1, 0.15) is 27.7 Å². The Balaban J connectivity index is 3.19. The van der Waals surface area contributed by atoms with Gasteiger partial charge in [-0.25, -0.2) is 13.1 Å². The maximum atomic E-state index is 12.2. The zero-order valence-electron chi connectivity index (χ0n) is 12.9. The maximum absolute atomic E-state index is 12.2. The summed E-state index contributed by atoms with van der Waals surface area (Å²) in [5.74, 6) is -0.314. The van der Waals surface area contributed by atoms with E-state index in [9.17, 15) is 13.2 Å². The molecule has 0 aliphatic rings. The van der Waals surface area contributed by atoms with Crippen LogP contribution in [0.2, 0.25) is 0 Å². The average molecular weight is 330 g/mol. The lowest BCUT2D eigenvalue weighted by Crippen LogP contribution is -2.30. The van der Waals surface area contributed by atoms with Crippen LogP contribution in [0.25, 0.3) is 0 Å². The van der Waals surface area contributed by atoms with E-state index in [-0.39, 0.29) is 22.8 Å². The number of amides is 1. The molecule has 0 fully saturated rings. The molecule has 0 aromatic heterocycles. The third-order valence-electron chi connectivity index (χ3n) is 2.65. The fraction of sp³-hybridized carbons (Fsp3) is 0.500. The van der Waals surface area contributed by atoms with Crippen molar-refractivity contribution < 1.29 is 13.2 Å². The normalized spacial score (nSPS) is 12.0. The fourth-order valence-corrected chi connectivity index (χ4v) is 3.42. The van der Waals surface area contributed by atoms with Crippen LogP contribution in [0, 0.1) is 5.92 Å². The number of benzene rings is 1. The van der Waals surface area contributed by atoms with Crippen LogP contribution in [0.4, 0.5) is 5.69 Å². The Morgan fingerprint density at radius 3 is 2.29 bits per heavy atom. The highest BCUT2D eigenvalue weighted by molar-refractivity contribution is 7.98. The molecule has 1 rings (SSSR count). The first-order valence-corrected chi connectivity index (χ1v) is 9.39. The second-order valence-electron chi connectivity index (χ2n) is 5.28. The molecule has 0 saturated heterocycles. The summed E-state index contributed by atoms with van der Waals surface area (Å²) < 4.78 is 26.9. The summed E-state index contributed by atoms with van der Waals surface area (Å²) in [5, 5.41) is 2.77. The first-order chi connectivity index (χ1) is 9.67. The van der Waals surface area contributed by atoms with Gasteiger partial charge in [-0.15, -0.1) is 11.8 Å². The van der Waals surface area contributed by atoms with Crippen LogP contribution < -0.4 is 10.0 Å². The van der Waals surface area contributed by atoms with Crippen molar-refractivity contribution in [3.8, 4) is 0 Å². The number of carbonyl (C=O) groups excluding carboxylic acids is 1. The van der Waals surface area contributed by atoms with E-state index < -0.39 is 10.0 Å². The fourth-order valence-electron chi connectivity index (χ4n) is 1.61. The number of thioether (sulfide) groups is 1.